The molecule has 27 heavy (non-hydrogen) atoms. The monoisotopic (exact) mass is 405 g/mol. The van der Waals surface area contributed by atoms with E-state index in [1.54, 1.807) is 12.1 Å². The van der Waals surface area contributed by atoms with Crippen molar-refractivity contribution in [2.75, 3.05) is 13.2 Å². The number of nitrogens with two attached hydrogens (primary N) is 1. The lowest BCUT2D eigenvalue weighted by Crippen LogP contribution is -2.32. The molecule has 0 saturated carbocycles. The van der Waals surface area contributed by atoms with Crippen LogP contribution in [0.25, 0.3) is 11.1 Å². The van der Waals surface area contributed by atoms with Gasteiger partial charge < -0.3 is 15.4 Å². The normalized spacial score (nSPS) is 19.0. The highest BCUT2D eigenvalue weighted by molar-refractivity contribution is 6.36. The second-order valence-electron chi connectivity index (χ2n) is 7.03. The van der Waals surface area contributed by atoms with Crippen molar-refractivity contribution in [1.82, 2.24) is 9.88 Å². The van der Waals surface area contributed by atoms with Gasteiger partial charge in [0.1, 0.15) is 5.69 Å². The Balaban J connectivity index is 1.81. The Morgan fingerprint density at radius 3 is 2.85 bits per heavy atom. The summed E-state index contributed by atoms with van der Waals surface area (Å²) in [5.74, 6) is -0.0569. The number of amides is 1. The van der Waals surface area contributed by atoms with E-state index < -0.39 is 0 Å². The molecule has 1 saturated heterocycles. The highest BCUT2D eigenvalue weighted by Crippen LogP contribution is 2.40. The number of aryl methyl sites for hydroxylation is 1. The van der Waals surface area contributed by atoms with Gasteiger partial charge in [0.05, 0.1) is 6.10 Å². The largest absolute Gasteiger partial charge is 0.376 e. The summed E-state index contributed by atoms with van der Waals surface area (Å²) in [6.45, 7) is 4.04. The van der Waals surface area contributed by atoms with Crippen molar-refractivity contribution in [3.05, 3.63) is 50.8 Å². The fourth-order valence-electron chi connectivity index (χ4n) is 3.98. The molecule has 0 unspecified atom stereocenters. The van der Waals surface area contributed by atoms with Crippen LogP contribution in [0, 0.1) is 6.92 Å². The number of nitrogens with zero attached hydrogens (tertiary/aromatic N) is 2. The van der Waals surface area contributed by atoms with Crippen LogP contribution >= 0.6 is 23.2 Å². The van der Waals surface area contributed by atoms with Crippen molar-refractivity contribution in [3.63, 3.8) is 0 Å². The number of hydrogen-bond donors (Lipinski definition) is 1. The highest BCUT2D eigenvalue weighted by Gasteiger charge is 2.35. The van der Waals surface area contributed by atoms with E-state index in [-0.39, 0.29) is 12.0 Å². The van der Waals surface area contributed by atoms with Gasteiger partial charge in [-0.15, -0.1) is 0 Å². The van der Waals surface area contributed by atoms with Gasteiger partial charge in [-0.1, -0.05) is 29.3 Å². The zero-order valence-electron chi connectivity index (χ0n) is 15.1. The third-order valence-corrected chi connectivity index (χ3v) is 5.84. The molecule has 0 bridgehead atoms. The maximum atomic E-state index is 13.0. The van der Waals surface area contributed by atoms with Gasteiger partial charge in [-0.25, -0.2) is 4.98 Å². The summed E-state index contributed by atoms with van der Waals surface area (Å²) in [6, 6.07) is 5.39. The van der Waals surface area contributed by atoms with Crippen LogP contribution in [0.4, 0.5) is 0 Å². The summed E-state index contributed by atoms with van der Waals surface area (Å²) in [7, 11) is 0. The smallest absolute Gasteiger partial charge is 0.273 e. The van der Waals surface area contributed by atoms with E-state index in [1.165, 1.54) is 0 Å². The number of pyridine rings is 1. The van der Waals surface area contributed by atoms with Gasteiger partial charge in [-0.2, -0.15) is 0 Å². The molecule has 1 aromatic carbocycles. The Morgan fingerprint density at radius 1 is 1.37 bits per heavy atom. The first-order chi connectivity index (χ1) is 13.0. The molecular weight excluding hydrogens is 385 g/mol. The number of carbonyl (C=O) groups is 1. The van der Waals surface area contributed by atoms with E-state index in [1.807, 2.05) is 17.9 Å². The van der Waals surface area contributed by atoms with Crippen LogP contribution in [-0.2, 0) is 17.8 Å². The quantitative estimate of drug-likeness (QED) is 0.835. The Bertz CT molecular complexity index is 911. The van der Waals surface area contributed by atoms with Crippen molar-refractivity contribution >= 4 is 29.1 Å². The van der Waals surface area contributed by atoms with Crippen LogP contribution in [-0.4, -0.2) is 35.0 Å². The van der Waals surface area contributed by atoms with Gasteiger partial charge in [-0.05, 0) is 43.0 Å². The molecule has 1 fully saturated rings. The summed E-state index contributed by atoms with van der Waals surface area (Å²) in [5, 5.41) is 1.10. The average molecular weight is 406 g/mol. The number of halogens is 2. The summed E-state index contributed by atoms with van der Waals surface area (Å²) in [6.07, 6.45) is 2.12. The molecule has 1 atom stereocenters. The van der Waals surface area contributed by atoms with E-state index in [0.29, 0.717) is 35.4 Å². The Kier molecular flexibility index (Phi) is 5.12. The van der Waals surface area contributed by atoms with Crippen LogP contribution in [0.2, 0.25) is 10.0 Å². The topological polar surface area (TPSA) is 68.4 Å². The molecule has 7 heteroatoms. The van der Waals surface area contributed by atoms with Crippen LogP contribution in [0.15, 0.2) is 18.2 Å². The molecule has 142 valence electrons. The van der Waals surface area contributed by atoms with Crippen molar-refractivity contribution in [2.45, 2.75) is 39.0 Å². The van der Waals surface area contributed by atoms with Gasteiger partial charge in [0.2, 0.25) is 0 Å². The predicted octanol–water partition coefficient (Wildman–Crippen LogP) is 3.96. The van der Waals surface area contributed by atoms with Crippen molar-refractivity contribution in [2.24, 2.45) is 5.73 Å². The number of aromatic nitrogens is 1. The van der Waals surface area contributed by atoms with Crippen LogP contribution in [0.3, 0.4) is 0 Å². The second kappa shape index (κ2) is 7.40. The molecule has 1 amide bonds. The molecule has 0 spiro atoms. The number of fused-ring (bicyclic) bond motifs is 1. The van der Waals surface area contributed by atoms with E-state index in [0.717, 1.165) is 47.4 Å². The summed E-state index contributed by atoms with van der Waals surface area (Å²) in [4.78, 5) is 19.4. The molecule has 1 aromatic heterocycles. The van der Waals surface area contributed by atoms with Crippen molar-refractivity contribution in [3.8, 4) is 11.1 Å². The SMILES string of the molecule is Cc1nc2c(c(-c3ccc(Cl)cc3Cl)c1CN)CN(C[C@@H]1CCCO1)C2=O. The fraction of sp³-hybridized carbons (Fsp3) is 0.400. The minimum atomic E-state index is -0.0569. The van der Waals surface area contributed by atoms with Gasteiger partial charge in [-0.3, -0.25) is 4.79 Å². The first-order valence-electron chi connectivity index (χ1n) is 9.08. The molecule has 2 aliphatic rings. The number of rotatable bonds is 4. The number of hydrogen-bond acceptors (Lipinski definition) is 4. The molecular formula is C20H21Cl2N3O2. The Labute approximate surface area is 168 Å². The van der Waals surface area contributed by atoms with Crippen LogP contribution < -0.4 is 5.73 Å². The third-order valence-electron chi connectivity index (χ3n) is 5.30. The number of benzene rings is 1. The second-order valence-corrected chi connectivity index (χ2v) is 7.87. The minimum absolute atomic E-state index is 0.0569. The van der Waals surface area contributed by atoms with E-state index in [9.17, 15) is 4.79 Å². The third kappa shape index (κ3) is 3.34. The lowest BCUT2D eigenvalue weighted by Gasteiger charge is -2.20. The molecule has 2 aliphatic heterocycles. The Morgan fingerprint density at radius 2 is 2.19 bits per heavy atom. The van der Waals surface area contributed by atoms with E-state index in [4.69, 9.17) is 33.7 Å². The summed E-state index contributed by atoms with van der Waals surface area (Å²) >= 11 is 12.6. The summed E-state index contributed by atoms with van der Waals surface area (Å²) in [5.41, 5.74) is 10.8. The van der Waals surface area contributed by atoms with Crippen LogP contribution in [0.5, 0.6) is 0 Å². The average Bonchev–Trinajstić information content (AvgIpc) is 3.24. The standard InChI is InChI=1S/C20H21Cl2N3O2/c1-11-15(8-23)18(14-5-4-12(21)7-17(14)22)16-10-25(20(26)19(16)24-11)9-13-3-2-6-27-13/h4-5,7,13H,2-3,6,8-10,23H2,1H3/t13-/m0/s1. The van der Waals surface area contributed by atoms with E-state index in [2.05, 4.69) is 4.98 Å². The number of ether oxygens (including phenoxy) is 1. The predicted molar refractivity (Wildman–Crippen MR) is 106 cm³/mol. The van der Waals surface area contributed by atoms with Crippen LogP contribution in [0.1, 0.15) is 40.2 Å². The Hall–Kier alpha value is -1.66. The number of carbonyl (C=O) groups excluding carboxylic acids is 1. The molecule has 2 N–H and O–H groups in total. The van der Waals surface area contributed by atoms with Crippen molar-refractivity contribution < 1.29 is 9.53 Å². The highest BCUT2D eigenvalue weighted by atomic mass is 35.5. The molecule has 5 nitrogen and oxygen atoms in total. The van der Waals surface area contributed by atoms with Crippen molar-refractivity contribution in [1.29, 1.82) is 0 Å². The molecule has 4 rings (SSSR count). The minimum Gasteiger partial charge on any atom is -0.376 e. The molecule has 0 radical (unpaired) electrons. The van der Waals surface area contributed by atoms with Gasteiger partial charge in [0, 0.05) is 53.1 Å². The lowest BCUT2D eigenvalue weighted by atomic mass is 9.93. The zero-order chi connectivity index (χ0) is 19.1. The molecule has 0 aliphatic carbocycles. The molecule has 2 aromatic rings. The summed E-state index contributed by atoms with van der Waals surface area (Å²) < 4.78 is 5.71. The first kappa shape index (κ1) is 18.7. The molecule has 3 heterocycles. The van der Waals surface area contributed by atoms with Gasteiger partial charge in [0.15, 0.2) is 0 Å². The maximum Gasteiger partial charge on any atom is 0.273 e. The zero-order valence-corrected chi connectivity index (χ0v) is 16.6. The lowest BCUT2D eigenvalue weighted by molar-refractivity contribution is 0.0542. The van der Waals surface area contributed by atoms with Gasteiger partial charge >= 0.3 is 0 Å². The van der Waals surface area contributed by atoms with Gasteiger partial charge in [0.25, 0.3) is 5.91 Å². The fourth-order valence-corrected chi connectivity index (χ4v) is 4.48. The van der Waals surface area contributed by atoms with E-state index >= 15 is 0 Å². The maximum absolute atomic E-state index is 13.0. The first-order valence-corrected chi connectivity index (χ1v) is 9.84.